The van der Waals surface area contributed by atoms with Crippen LogP contribution in [0.2, 0.25) is 0 Å². The summed E-state index contributed by atoms with van der Waals surface area (Å²) >= 11 is 0. The van der Waals surface area contributed by atoms with Gasteiger partial charge in [-0.1, -0.05) is 12.1 Å². The van der Waals surface area contributed by atoms with Crippen LogP contribution in [0.5, 0.6) is 23.0 Å². The van der Waals surface area contributed by atoms with Gasteiger partial charge in [0.15, 0.2) is 32.8 Å². The van der Waals surface area contributed by atoms with E-state index < -0.39 is 9.84 Å². The van der Waals surface area contributed by atoms with Gasteiger partial charge in [0.1, 0.15) is 12.7 Å². The Bertz CT molecular complexity index is 946. The molecule has 0 saturated carbocycles. The van der Waals surface area contributed by atoms with Gasteiger partial charge < -0.3 is 24.3 Å². The topological polar surface area (TPSA) is 83.1 Å². The number of hydrogen-bond donors (Lipinski definition) is 1. The summed E-state index contributed by atoms with van der Waals surface area (Å²) in [5.74, 6) is 2.65. The van der Waals surface area contributed by atoms with Gasteiger partial charge in [-0.05, 0) is 37.2 Å². The Morgan fingerprint density at radius 2 is 1.69 bits per heavy atom. The smallest absolute Gasteiger partial charge is 0.178 e. The summed E-state index contributed by atoms with van der Waals surface area (Å²) in [6.45, 7) is 2.74. The van der Waals surface area contributed by atoms with Crippen molar-refractivity contribution in [3.8, 4) is 23.0 Å². The monoisotopic (exact) mass is 419 g/mol. The van der Waals surface area contributed by atoms with E-state index >= 15 is 0 Å². The van der Waals surface area contributed by atoms with E-state index in [0.717, 1.165) is 17.9 Å². The highest BCUT2D eigenvalue weighted by atomic mass is 32.2. The van der Waals surface area contributed by atoms with Crippen LogP contribution in [-0.4, -0.2) is 53.2 Å². The van der Waals surface area contributed by atoms with Crippen LogP contribution in [0.1, 0.15) is 12.8 Å². The van der Waals surface area contributed by atoms with Crippen LogP contribution in [0.3, 0.4) is 0 Å². The lowest BCUT2D eigenvalue weighted by Crippen LogP contribution is -2.39. The lowest BCUT2D eigenvalue weighted by atomic mass is 10.2. The average Bonchev–Trinajstić information content (AvgIpc) is 2.98. The second-order valence-electron chi connectivity index (χ2n) is 7.03. The van der Waals surface area contributed by atoms with E-state index in [-0.39, 0.29) is 16.8 Å². The highest BCUT2D eigenvalue weighted by Crippen LogP contribution is 2.32. The summed E-state index contributed by atoms with van der Waals surface area (Å²) in [5, 5.41) is 3.25. The van der Waals surface area contributed by atoms with E-state index in [1.807, 2.05) is 24.3 Å². The second kappa shape index (κ2) is 8.92. The maximum Gasteiger partial charge on any atom is 0.178 e. The van der Waals surface area contributed by atoms with E-state index in [4.69, 9.17) is 18.9 Å². The van der Waals surface area contributed by atoms with Crippen molar-refractivity contribution in [1.82, 2.24) is 5.32 Å². The third kappa shape index (κ3) is 4.94. The zero-order chi connectivity index (χ0) is 20.1. The Balaban J connectivity index is 1.24. The molecule has 0 aromatic heterocycles. The van der Waals surface area contributed by atoms with Gasteiger partial charge in [-0.3, -0.25) is 0 Å². The van der Waals surface area contributed by atoms with Crippen molar-refractivity contribution >= 4 is 9.84 Å². The number of rotatable bonds is 7. The minimum absolute atomic E-state index is 0.0600. The maximum atomic E-state index is 12.6. The van der Waals surface area contributed by atoms with Gasteiger partial charge in [-0.2, -0.15) is 0 Å². The maximum absolute atomic E-state index is 12.6. The molecule has 2 aliphatic rings. The van der Waals surface area contributed by atoms with Crippen LogP contribution < -0.4 is 24.3 Å². The van der Waals surface area contributed by atoms with Crippen LogP contribution in [0.15, 0.2) is 47.4 Å². The molecule has 0 amide bonds. The van der Waals surface area contributed by atoms with Crippen molar-refractivity contribution in [1.29, 1.82) is 0 Å². The van der Waals surface area contributed by atoms with Crippen molar-refractivity contribution < 1.29 is 27.4 Å². The van der Waals surface area contributed by atoms with E-state index in [1.54, 1.807) is 18.2 Å². The third-order valence-corrected chi connectivity index (χ3v) is 6.58. The van der Waals surface area contributed by atoms with Crippen LogP contribution in [0.4, 0.5) is 0 Å². The standard InChI is InChI=1S/C21H25NO6S/c23-29(24,17-7-8-19-21(13-17)26-11-4-10-25-19)12-3-9-22-14-16-15-27-18-5-1-2-6-20(18)28-16/h1-2,5-8,13,16,22H,3-4,9-12,14-15H2. The molecule has 156 valence electrons. The quantitative estimate of drug-likeness (QED) is 0.690. The number of benzene rings is 2. The SMILES string of the molecule is O=S(=O)(CCCNCC1COc2ccccc2O1)c1ccc2c(c1)OCCCO2. The highest BCUT2D eigenvalue weighted by Gasteiger charge is 2.21. The van der Waals surface area contributed by atoms with Crippen molar-refractivity contribution in [2.75, 3.05) is 38.7 Å². The minimum Gasteiger partial charge on any atom is -0.490 e. The Labute approximate surface area is 170 Å². The van der Waals surface area contributed by atoms with Gasteiger partial charge in [0, 0.05) is 19.0 Å². The minimum atomic E-state index is -3.38. The molecular weight excluding hydrogens is 394 g/mol. The van der Waals surface area contributed by atoms with E-state index in [1.165, 1.54) is 0 Å². The van der Waals surface area contributed by atoms with Crippen molar-refractivity contribution in [3.05, 3.63) is 42.5 Å². The van der Waals surface area contributed by atoms with Gasteiger partial charge in [0.05, 0.1) is 23.9 Å². The first-order chi connectivity index (χ1) is 14.1. The zero-order valence-corrected chi connectivity index (χ0v) is 16.9. The fourth-order valence-corrected chi connectivity index (χ4v) is 4.59. The molecule has 0 aliphatic carbocycles. The molecular formula is C21H25NO6S. The Hall–Kier alpha value is -2.45. The number of nitrogens with one attached hydrogen (secondary N) is 1. The molecule has 1 unspecified atom stereocenters. The van der Waals surface area contributed by atoms with Crippen LogP contribution in [-0.2, 0) is 9.84 Å². The summed E-state index contributed by atoms with van der Waals surface area (Å²) in [7, 11) is -3.38. The number of sulfone groups is 1. The zero-order valence-electron chi connectivity index (χ0n) is 16.1. The molecule has 1 N–H and O–H groups in total. The highest BCUT2D eigenvalue weighted by molar-refractivity contribution is 7.91. The molecule has 4 rings (SSSR count). The van der Waals surface area contributed by atoms with Crippen LogP contribution in [0, 0.1) is 0 Å². The Morgan fingerprint density at radius 1 is 0.931 bits per heavy atom. The first-order valence-corrected chi connectivity index (χ1v) is 11.5. The fourth-order valence-electron chi connectivity index (χ4n) is 3.27. The molecule has 2 aliphatic heterocycles. The van der Waals surface area contributed by atoms with Crippen molar-refractivity contribution in [2.45, 2.75) is 23.8 Å². The molecule has 2 aromatic carbocycles. The summed E-state index contributed by atoms with van der Waals surface area (Å²) in [4.78, 5) is 0.266. The molecule has 7 nitrogen and oxygen atoms in total. The van der Waals surface area contributed by atoms with Crippen molar-refractivity contribution in [3.63, 3.8) is 0 Å². The Morgan fingerprint density at radius 3 is 2.55 bits per heavy atom. The molecule has 0 saturated heterocycles. The number of hydrogen-bond acceptors (Lipinski definition) is 7. The second-order valence-corrected chi connectivity index (χ2v) is 9.14. The lowest BCUT2D eigenvalue weighted by molar-refractivity contribution is 0.0906. The normalized spacial score (nSPS) is 18.1. The summed E-state index contributed by atoms with van der Waals surface area (Å²) in [5.41, 5.74) is 0. The van der Waals surface area contributed by atoms with E-state index in [0.29, 0.717) is 50.8 Å². The average molecular weight is 419 g/mol. The first kappa shape index (κ1) is 19.8. The molecule has 0 spiro atoms. The predicted molar refractivity (Wildman–Crippen MR) is 108 cm³/mol. The summed E-state index contributed by atoms with van der Waals surface area (Å²) < 4.78 is 48.0. The Kier molecular flexibility index (Phi) is 6.10. The third-order valence-electron chi connectivity index (χ3n) is 4.78. The fraction of sp³-hybridized carbons (Fsp3) is 0.429. The van der Waals surface area contributed by atoms with E-state index in [2.05, 4.69) is 5.32 Å². The van der Waals surface area contributed by atoms with Gasteiger partial charge in [0.25, 0.3) is 0 Å². The van der Waals surface area contributed by atoms with Gasteiger partial charge in [-0.15, -0.1) is 0 Å². The predicted octanol–water partition coefficient (Wildman–Crippen LogP) is 2.44. The summed E-state index contributed by atoms with van der Waals surface area (Å²) in [6, 6.07) is 12.4. The van der Waals surface area contributed by atoms with Gasteiger partial charge >= 0.3 is 0 Å². The molecule has 2 heterocycles. The summed E-state index contributed by atoms with van der Waals surface area (Å²) in [6.07, 6.45) is 1.19. The van der Waals surface area contributed by atoms with Crippen LogP contribution in [0.25, 0.3) is 0 Å². The van der Waals surface area contributed by atoms with Gasteiger partial charge in [0.2, 0.25) is 0 Å². The van der Waals surface area contributed by atoms with Gasteiger partial charge in [-0.25, -0.2) is 8.42 Å². The largest absolute Gasteiger partial charge is 0.490 e. The lowest BCUT2D eigenvalue weighted by Gasteiger charge is -2.26. The molecule has 0 radical (unpaired) electrons. The molecule has 0 bridgehead atoms. The van der Waals surface area contributed by atoms with E-state index in [9.17, 15) is 8.42 Å². The number of ether oxygens (including phenoxy) is 4. The molecule has 2 aromatic rings. The van der Waals surface area contributed by atoms with Crippen molar-refractivity contribution in [2.24, 2.45) is 0 Å². The van der Waals surface area contributed by atoms with Crippen LogP contribution >= 0.6 is 0 Å². The molecule has 0 fully saturated rings. The number of fused-ring (bicyclic) bond motifs is 2. The number of para-hydroxylation sites is 2. The molecule has 29 heavy (non-hydrogen) atoms. The first-order valence-electron chi connectivity index (χ1n) is 9.83. The molecule has 1 atom stereocenters. The molecule has 8 heteroatoms.